The van der Waals surface area contributed by atoms with E-state index in [2.05, 4.69) is 0 Å². The van der Waals surface area contributed by atoms with Crippen LogP contribution in [0.1, 0.15) is 13.0 Å². The minimum atomic E-state index is 0. The fourth-order valence-electron chi connectivity index (χ4n) is 1.73. The lowest BCUT2D eigenvalue weighted by molar-refractivity contribution is -0.107. The van der Waals surface area contributed by atoms with Crippen LogP contribution in [-0.4, -0.2) is 13.4 Å². The van der Waals surface area contributed by atoms with Crippen molar-refractivity contribution >= 4 is 6.29 Å². The number of ether oxygens (including phenoxy) is 1. The monoisotopic (exact) mass is 242 g/mol. The van der Waals surface area contributed by atoms with Crippen molar-refractivity contribution in [2.75, 3.05) is 7.11 Å². The molecular weight excluding hydrogens is 224 g/mol. The van der Waals surface area contributed by atoms with Crippen molar-refractivity contribution in [3.8, 4) is 16.9 Å². The van der Waals surface area contributed by atoms with Crippen molar-refractivity contribution in [2.45, 2.75) is 13.8 Å². The first-order chi connectivity index (χ1) is 8.33. The van der Waals surface area contributed by atoms with E-state index in [0.29, 0.717) is 6.42 Å². The third kappa shape index (κ3) is 3.20. The molecule has 0 fully saturated rings. The summed E-state index contributed by atoms with van der Waals surface area (Å²) in [6.45, 7) is 0. The molecule has 0 unspecified atom stereocenters. The van der Waals surface area contributed by atoms with E-state index in [1.54, 1.807) is 7.11 Å². The molecule has 2 aromatic carbocycles. The van der Waals surface area contributed by atoms with Crippen LogP contribution in [-0.2, 0) is 11.2 Å². The smallest absolute Gasteiger partial charge is 0.124 e. The third-order valence-corrected chi connectivity index (χ3v) is 2.68. The summed E-state index contributed by atoms with van der Waals surface area (Å²) < 4.78 is 5.19. The fourth-order valence-corrected chi connectivity index (χ4v) is 1.73. The second-order valence-electron chi connectivity index (χ2n) is 3.80. The van der Waals surface area contributed by atoms with Gasteiger partial charge in [0.25, 0.3) is 0 Å². The maximum Gasteiger partial charge on any atom is 0.124 e. The minimum absolute atomic E-state index is 0. The van der Waals surface area contributed by atoms with Crippen molar-refractivity contribution in [2.24, 2.45) is 0 Å². The van der Waals surface area contributed by atoms with Gasteiger partial charge < -0.3 is 9.53 Å². The molecule has 0 saturated heterocycles. The third-order valence-electron chi connectivity index (χ3n) is 2.68. The van der Waals surface area contributed by atoms with Crippen molar-refractivity contribution in [3.63, 3.8) is 0 Å². The summed E-state index contributed by atoms with van der Waals surface area (Å²) in [5.74, 6) is 0.847. The highest BCUT2D eigenvalue weighted by Crippen LogP contribution is 2.23. The summed E-state index contributed by atoms with van der Waals surface area (Å²) in [5.41, 5.74) is 3.27. The molecule has 0 bridgehead atoms. The molecule has 18 heavy (non-hydrogen) atoms. The topological polar surface area (TPSA) is 26.3 Å². The Morgan fingerprint density at radius 1 is 1.06 bits per heavy atom. The summed E-state index contributed by atoms with van der Waals surface area (Å²) in [7, 11) is 1.66. The highest BCUT2D eigenvalue weighted by Gasteiger charge is 1.99. The maximum atomic E-state index is 10.4. The van der Waals surface area contributed by atoms with Gasteiger partial charge in [0.2, 0.25) is 0 Å². The van der Waals surface area contributed by atoms with Gasteiger partial charge in [-0.1, -0.05) is 43.8 Å². The Labute approximate surface area is 108 Å². The van der Waals surface area contributed by atoms with Crippen molar-refractivity contribution < 1.29 is 9.53 Å². The predicted octanol–water partition coefficient (Wildman–Crippen LogP) is 3.74. The molecule has 0 amide bonds. The van der Waals surface area contributed by atoms with Crippen LogP contribution in [0.5, 0.6) is 5.75 Å². The zero-order valence-corrected chi connectivity index (χ0v) is 9.72. The van der Waals surface area contributed by atoms with Crippen molar-refractivity contribution in [3.05, 3.63) is 54.1 Å². The molecule has 0 N–H and O–H groups in total. The molecule has 0 radical (unpaired) electrons. The molecule has 0 aliphatic rings. The van der Waals surface area contributed by atoms with Gasteiger partial charge in [-0.25, -0.2) is 0 Å². The highest BCUT2D eigenvalue weighted by atomic mass is 16.5. The Bertz CT molecular complexity index is 501. The van der Waals surface area contributed by atoms with Crippen LogP contribution in [0.2, 0.25) is 0 Å². The van der Waals surface area contributed by atoms with Gasteiger partial charge in [0.1, 0.15) is 12.0 Å². The second kappa shape index (κ2) is 6.60. The number of aldehydes is 1. The zero-order chi connectivity index (χ0) is 12.1. The molecule has 2 nitrogen and oxygen atoms in total. The highest BCUT2D eigenvalue weighted by molar-refractivity contribution is 5.66. The number of benzene rings is 2. The van der Waals surface area contributed by atoms with Crippen LogP contribution in [0.3, 0.4) is 0 Å². The van der Waals surface area contributed by atoms with Crippen LogP contribution in [0.25, 0.3) is 11.1 Å². The average molecular weight is 242 g/mol. The van der Waals surface area contributed by atoms with Gasteiger partial charge in [0, 0.05) is 6.42 Å². The molecule has 2 heteroatoms. The van der Waals surface area contributed by atoms with Crippen LogP contribution >= 0.6 is 0 Å². The van der Waals surface area contributed by atoms with Crippen LogP contribution in [0.15, 0.2) is 48.5 Å². The van der Waals surface area contributed by atoms with Crippen LogP contribution in [0.4, 0.5) is 0 Å². The number of carbonyl (C=O) groups excluding carboxylic acids is 1. The molecule has 0 aromatic heterocycles. The first kappa shape index (κ1) is 14.0. The fraction of sp³-hybridized carbons (Fsp3) is 0.188. The normalized spacial score (nSPS) is 9.39. The summed E-state index contributed by atoms with van der Waals surface area (Å²) in [6, 6.07) is 15.9. The van der Waals surface area contributed by atoms with Crippen LogP contribution in [0, 0.1) is 0 Å². The zero-order valence-electron chi connectivity index (χ0n) is 9.72. The molecule has 2 rings (SSSR count). The Morgan fingerprint density at radius 2 is 1.78 bits per heavy atom. The largest absolute Gasteiger partial charge is 0.497 e. The van der Waals surface area contributed by atoms with Gasteiger partial charge in [-0.3, -0.25) is 0 Å². The van der Waals surface area contributed by atoms with Gasteiger partial charge in [0.05, 0.1) is 7.11 Å². The van der Waals surface area contributed by atoms with E-state index in [9.17, 15) is 4.79 Å². The summed E-state index contributed by atoms with van der Waals surface area (Å²) in [6.07, 6.45) is 1.39. The summed E-state index contributed by atoms with van der Waals surface area (Å²) in [5, 5.41) is 0. The number of rotatable bonds is 4. The lowest BCUT2D eigenvalue weighted by Crippen LogP contribution is -1.86. The van der Waals surface area contributed by atoms with Crippen LogP contribution < -0.4 is 4.74 Å². The summed E-state index contributed by atoms with van der Waals surface area (Å²) >= 11 is 0. The standard InChI is InChI=1S/C15H14O2.CH4/c1-17-15-4-2-3-14(11-15)13-7-5-12(6-8-13)9-10-16;/h2-8,10-11H,9H2,1H3;1H4. The molecule has 0 spiro atoms. The Kier molecular flexibility index (Phi) is 5.12. The van der Waals surface area contributed by atoms with Gasteiger partial charge >= 0.3 is 0 Å². The van der Waals surface area contributed by atoms with Gasteiger partial charge in [0.15, 0.2) is 0 Å². The van der Waals surface area contributed by atoms with Crippen molar-refractivity contribution in [1.82, 2.24) is 0 Å². The second-order valence-corrected chi connectivity index (χ2v) is 3.80. The predicted molar refractivity (Wildman–Crippen MR) is 74.9 cm³/mol. The summed E-state index contributed by atoms with van der Waals surface area (Å²) in [4.78, 5) is 10.4. The van der Waals surface area contributed by atoms with E-state index in [0.717, 1.165) is 28.7 Å². The van der Waals surface area contributed by atoms with E-state index in [1.165, 1.54) is 0 Å². The lowest BCUT2D eigenvalue weighted by Gasteiger charge is -2.05. The quantitative estimate of drug-likeness (QED) is 0.763. The maximum absolute atomic E-state index is 10.4. The Hall–Kier alpha value is -2.09. The average Bonchev–Trinajstić information content (AvgIpc) is 2.40. The minimum Gasteiger partial charge on any atom is -0.497 e. The molecule has 0 aliphatic carbocycles. The van der Waals surface area contributed by atoms with E-state index in [1.807, 2.05) is 48.5 Å². The van der Waals surface area contributed by atoms with E-state index in [-0.39, 0.29) is 7.43 Å². The molecule has 94 valence electrons. The van der Waals surface area contributed by atoms with E-state index >= 15 is 0 Å². The molecule has 0 heterocycles. The first-order valence-electron chi connectivity index (χ1n) is 5.50. The number of hydrogen-bond donors (Lipinski definition) is 0. The Balaban J connectivity index is 0.00000162. The van der Waals surface area contributed by atoms with Gasteiger partial charge in [-0.2, -0.15) is 0 Å². The first-order valence-corrected chi connectivity index (χ1v) is 5.50. The molecule has 0 saturated carbocycles. The molecule has 0 aliphatic heterocycles. The molecule has 0 atom stereocenters. The molecule has 2 aromatic rings. The SMILES string of the molecule is C.COc1cccc(-c2ccc(CC=O)cc2)c1. The number of methoxy groups -OCH3 is 1. The lowest BCUT2D eigenvalue weighted by atomic mass is 10.0. The molecular formula is C16H18O2. The van der Waals surface area contributed by atoms with Crippen molar-refractivity contribution in [1.29, 1.82) is 0 Å². The van der Waals surface area contributed by atoms with Gasteiger partial charge in [-0.05, 0) is 28.8 Å². The van der Waals surface area contributed by atoms with E-state index < -0.39 is 0 Å². The number of carbonyl (C=O) groups is 1. The number of hydrogen-bond acceptors (Lipinski definition) is 2. The van der Waals surface area contributed by atoms with E-state index in [4.69, 9.17) is 4.74 Å². The van der Waals surface area contributed by atoms with Gasteiger partial charge in [-0.15, -0.1) is 0 Å². The Morgan fingerprint density at radius 3 is 2.39 bits per heavy atom.